The van der Waals surface area contributed by atoms with Crippen molar-refractivity contribution in [2.24, 2.45) is 0 Å². The molecule has 1 aliphatic carbocycles. The van der Waals surface area contributed by atoms with E-state index in [0.717, 1.165) is 46.1 Å². The third-order valence-electron chi connectivity index (χ3n) is 5.33. The summed E-state index contributed by atoms with van der Waals surface area (Å²) in [5.41, 5.74) is 4.98. The molecule has 3 aromatic carbocycles. The van der Waals surface area contributed by atoms with Gasteiger partial charge in [-0.15, -0.1) is 0 Å². The topological polar surface area (TPSA) is 42.5 Å². The van der Waals surface area contributed by atoms with Crippen molar-refractivity contribution in [2.45, 2.75) is 6.42 Å². The van der Waals surface area contributed by atoms with E-state index in [1.165, 1.54) is 0 Å². The van der Waals surface area contributed by atoms with Crippen molar-refractivity contribution >= 4 is 17.2 Å². The van der Waals surface area contributed by atoms with E-state index < -0.39 is 0 Å². The van der Waals surface area contributed by atoms with Crippen LogP contribution in [-0.4, -0.2) is 14.2 Å². The zero-order valence-electron chi connectivity index (χ0n) is 18.9. The standard InChI is InChI=1S/C29H28N2O2/c1-32-27(22-14-6-3-7-15-22)25-20-12-13-21-26(25)31-29(30-24-18-10-5-11-19-24)28(33-2)23-16-8-4-9-17-23/h3-19,21,30-31H,20H2,1-2H3. The van der Waals surface area contributed by atoms with Crippen molar-refractivity contribution in [3.8, 4) is 0 Å². The molecule has 0 saturated carbocycles. The van der Waals surface area contributed by atoms with E-state index in [1.807, 2.05) is 78.9 Å². The SMILES string of the molecule is COC(=C(NC1=CC=CCC1=C(OC)c1ccccc1)Nc1ccccc1)c1ccccc1. The molecule has 3 aromatic rings. The summed E-state index contributed by atoms with van der Waals surface area (Å²) in [7, 11) is 3.40. The van der Waals surface area contributed by atoms with Crippen LogP contribution >= 0.6 is 0 Å². The summed E-state index contributed by atoms with van der Waals surface area (Å²) in [6.45, 7) is 0. The molecule has 4 rings (SSSR count). The summed E-state index contributed by atoms with van der Waals surface area (Å²) < 4.78 is 11.8. The predicted octanol–water partition coefficient (Wildman–Crippen LogP) is 6.56. The van der Waals surface area contributed by atoms with Crippen LogP contribution in [0.15, 0.2) is 126 Å². The normalized spacial score (nSPS) is 15.2. The molecule has 0 fully saturated rings. The smallest absolute Gasteiger partial charge is 0.166 e. The highest BCUT2D eigenvalue weighted by atomic mass is 16.5. The predicted molar refractivity (Wildman–Crippen MR) is 136 cm³/mol. The van der Waals surface area contributed by atoms with E-state index in [9.17, 15) is 0 Å². The number of hydrogen-bond donors (Lipinski definition) is 2. The molecule has 1 aliphatic rings. The third kappa shape index (κ3) is 5.36. The minimum atomic E-state index is 0.716. The van der Waals surface area contributed by atoms with Gasteiger partial charge >= 0.3 is 0 Å². The van der Waals surface area contributed by atoms with E-state index in [0.29, 0.717) is 5.76 Å². The number of methoxy groups -OCH3 is 2. The number of anilines is 1. The van der Waals surface area contributed by atoms with Gasteiger partial charge in [0.1, 0.15) is 5.76 Å². The maximum atomic E-state index is 5.88. The number of benzene rings is 3. The Morgan fingerprint density at radius 3 is 1.91 bits per heavy atom. The van der Waals surface area contributed by atoms with Gasteiger partial charge < -0.3 is 20.1 Å². The monoisotopic (exact) mass is 436 g/mol. The van der Waals surface area contributed by atoms with E-state index in [1.54, 1.807) is 14.2 Å². The number of nitrogens with one attached hydrogen (secondary N) is 2. The van der Waals surface area contributed by atoms with Crippen LogP contribution in [0.5, 0.6) is 0 Å². The van der Waals surface area contributed by atoms with E-state index >= 15 is 0 Å². The summed E-state index contributed by atoms with van der Waals surface area (Å²) in [4.78, 5) is 0. The molecule has 4 nitrogen and oxygen atoms in total. The molecule has 0 aromatic heterocycles. The Morgan fingerprint density at radius 2 is 1.30 bits per heavy atom. The fourth-order valence-corrected chi connectivity index (χ4v) is 3.80. The third-order valence-corrected chi connectivity index (χ3v) is 5.33. The molecule has 0 atom stereocenters. The molecule has 0 spiro atoms. The second kappa shape index (κ2) is 10.9. The minimum Gasteiger partial charge on any atom is -0.496 e. The molecule has 2 N–H and O–H groups in total. The molecular weight excluding hydrogens is 408 g/mol. The number of allylic oxidation sites excluding steroid dienone is 4. The van der Waals surface area contributed by atoms with Crippen LogP contribution in [0.3, 0.4) is 0 Å². The maximum Gasteiger partial charge on any atom is 0.166 e. The zero-order chi connectivity index (χ0) is 22.9. The van der Waals surface area contributed by atoms with Crippen LogP contribution in [0, 0.1) is 0 Å². The van der Waals surface area contributed by atoms with Gasteiger partial charge in [0.05, 0.1) is 14.2 Å². The van der Waals surface area contributed by atoms with Gasteiger partial charge in [0.15, 0.2) is 11.6 Å². The molecule has 0 unspecified atom stereocenters. The van der Waals surface area contributed by atoms with Crippen LogP contribution < -0.4 is 10.6 Å². The Kier molecular flexibility index (Phi) is 7.29. The summed E-state index contributed by atoms with van der Waals surface area (Å²) in [6, 6.07) is 30.3. The average molecular weight is 437 g/mol. The first-order valence-electron chi connectivity index (χ1n) is 10.9. The van der Waals surface area contributed by atoms with Gasteiger partial charge in [-0.05, 0) is 24.6 Å². The number of ether oxygens (including phenoxy) is 2. The van der Waals surface area contributed by atoms with Crippen molar-refractivity contribution in [2.75, 3.05) is 19.5 Å². The van der Waals surface area contributed by atoms with Crippen LogP contribution in [-0.2, 0) is 9.47 Å². The lowest BCUT2D eigenvalue weighted by Crippen LogP contribution is -2.24. The summed E-state index contributed by atoms with van der Waals surface area (Å²) in [6.07, 6.45) is 7.00. The van der Waals surface area contributed by atoms with Gasteiger partial charge in [-0.2, -0.15) is 0 Å². The van der Waals surface area contributed by atoms with Crippen LogP contribution in [0.2, 0.25) is 0 Å². The highest BCUT2D eigenvalue weighted by Crippen LogP contribution is 2.30. The van der Waals surface area contributed by atoms with Crippen molar-refractivity contribution < 1.29 is 9.47 Å². The Labute approximate surface area is 195 Å². The highest BCUT2D eigenvalue weighted by molar-refractivity contribution is 5.71. The van der Waals surface area contributed by atoms with E-state index in [4.69, 9.17) is 9.47 Å². The first kappa shape index (κ1) is 22.0. The van der Waals surface area contributed by atoms with Crippen LogP contribution in [0.4, 0.5) is 5.69 Å². The molecule has 4 heteroatoms. The molecule has 33 heavy (non-hydrogen) atoms. The van der Waals surface area contributed by atoms with Crippen molar-refractivity contribution in [1.82, 2.24) is 5.32 Å². The van der Waals surface area contributed by atoms with E-state index in [2.05, 4.69) is 41.0 Å². The molecule has 0 saturated heterocycles. The summed E-state index contributed by atoms with van der Waals surface area (Å²) in [5, 5.41) is 7.11. The number of rotatable bonds is 8. The molecule has 0 amide bonds. The second-order valence-corrected chi connectivity index (χ2v) is 7.48. The quantitative estimate of drug-likeness (QED) is 0.392. The Hall–Kier alpha value is -4.18. The highest BCUT2D eigenvalue weighted by Gasteiger charge is 2.19. The Morgan fingerprint density at radius 1 is 0.697 bits per heavy atom. The van der Waals surface area contributed by atoms with Crippen LogP contribution in [0.25, 0.3) is 11.5 Å². The minimum absolute atomic E-state index is 0.716. The van der Waals surface area contributed by atoms with E-state index in [-0.39, 0.29) is 0 Å². The molecule has 0 radical (unpaired) electrons. The molecule has 0 bridgehead atoms. The zero-order valence-corrected chi connectivity index (χ0v) is 18.9. The van der Waals surface area contributed by atoms with Gasteiger partial charge in [-0.3, -0.25) is 0 Å². The molecular formula is C29H28N2O2. The summed E-state index contributed by atoms with van der Waals surface area (Å²) in [5.74, 6) is 2.31. The Balaban J connectivity index is 1.79. The van der Waals surface area contributed by atoms with Crippen LogP contribution in [0.1, 0.15) is 17.5 Å². The fourth-order valence-electron chi connectivity index (χ4n) is 3.80. The lowest BCUT2D eigenvalue weighted by Gasteiger charge is -2.24. The number of para-hydroxylation sites is 1. The maximum absolute atomic E-state index is 5.88. The van der Waals surface area contributed by atoms with Gasteiger partial charge in [-0.25, -0.2) is 0 Å². The largest absolute Gasteiger partial charge is 0.496 e. The first-order valence-corrected chi connectivity index (χ1v) is 10.9. The first-order chi connectivity index (χ1) is 16.3. The Bertz CT molecular complexity index is 1180. The lowest BCUT2D eigenvalue weighted by molar-refractivity contribution is 0.364. The summed E-state index contributed by atoms with van der Waals surface area (Å²) >= 11 is 0. The fraction of sp³-hybridized carbons (Fsp3) is 0.103. The van der Waals surface area contributed by atoms with Crippen molar-refractivity contribution in [3.05, 3.63) is 137 Å². The average Bonchev–Trinajstić information content (AvgIpc) is 2.88. The van der Waals surface area contributed by atoms with Gasteiger partial charge in [0, 0.05) is 28.1 Å². The van der Waals surface area contributed by atoms with Gasteiger partial charge in [-0.1, -0.05) is 91.0 Å². The number of hydrogen-bond acceptors (Lipinski definition) is 4. The molecule has 0 aliphatic heterocycles. The molecule has 166 valence electrons. The van der Waals surface area contributed by atoms with Gasteiger partial charge in [0.2, 0.25) is 0 Å². The molecule has 0 heterocycles. The van der Waals surface area contributed by atoms with Gasteiger partial charge in [0.25, 0.3) is 0 Å². The van der Waals surface area contributed by atoms with Crippen molar-refractivity contribution in [1.29, 1.82) is 0 Å². The van der Waals surface area contributed by atoms with Crippen molar-refractivity contribution in [3.63, 3.8) is 0 Å². The lowest BCUT2D eigenvalue weighted by atomic mass is 9.98. The second-order valence-electron chi connectivity index (χ2n) is 7.48.